The predicted molar refractivity (Wildman–Crippen MR) is 73.9 cm³/mol. The summed E-state index contributed by atoms with van der Waals surface area (Å²) in [5.41, 5.74) is 0.873. The minimum atomic E-state index is 0.249. The Bertz CT molecular complexity index is 394. The van der Waals surface area contributed by atoms with Gasteiger partial charge in [0.2, 0.25) is 0 Å². The van der Waals surface area contributed by atoms with Crippen LogP contribution in [0.5, 0.6) is 0 Å². The van der Waals surface area contributed by atoms with Gasteiger partial charge >= 0.3 is 0 Å². The standard InChI is InChI=1S/C13H17BrO2S/c1-9-11(8-13(14)17-9)12(15)6-5-10-4-2-3-7-16-10/h8,10H,2-7H2,1H3. The Morgan fingerprint density at radius 1 is 1.59 bits per heavy atom. The van der Waals surface area contributed by atoms with Crippen LogP contribution in [0.15, 0.2) is 9.85 Å². The van der Waals surface area contributed by atoms with Crippen LogP contribution >= 0.6 is 27.3 Å². The summed E-state index contributed by atoms with van der Waals surface area (Å²) in [5.74, 6) is 0.249. The van der Waals surface area contributed by atoms with E-state index in [1.54, 1.807) is 11.3 Å². The first-order chi connectivity index (χ1) is 8.16. The highest BCUT2D eigenvalue weighted by Crippen LogP contribution is 2.28. The maximum atomic E-state index is 12.1. The Kier molecular flexibility index (Phi) is 4.77. The van der Waals surface area contributed by atoms with E-state index in [-0.39, 0.29) is 5.78 Å². The van der Waals surface area contributed by atoms with E-state index in [2.05, 4.69) is 15.9 Å². The average Bonchev–Trinajstić information content (AvgIpc) is 2.67. The number of aryl methyl sites for hydroxylation is 1. The Balaban J connectivity index is 1.86. The van der Waals surface area contributed by atoms with Gasteiger partial charge in [-0.15, -0.1) is 11.3 Å². The monoisotopic (exact) mass is 316 g/mol. The van der Waals surface area contributed by atoms with Crippen molar-refractivity contribution in [2.24, 2.45) is 0 Å². The number of hydrogen-bond acceptors (Lipinski definition) is 3. The molecule has 1 fully saturated rings. The van der Waals surface area contributed by atoms with Crippen molar-refractivity contribution >= 4 is 33.0 Å². The van der Waals surface area contributed by atoms with Gasteiger partial charge < -0.3 is 4.74 Å². The highest BCUT2D eigenvalue weighted by atomic mass is 79.9. The lowest BCUT2D eigenvalue weighted by molar-refractivity contribution is 0.0104. The molecule has 1 aromatic heterocycles. The molecule has 2 heterocycles. The van der Waals surface area contributed by atoms with E-state index in [0.717, 1.165) is 33.7 Å². The van der Waals surface area contributed by atoms with Crippen molar-refractivity contribution in [3.05, 3.63) is 20.3 Å². The zero-order chi connectivity index (χ0) is 12.3. The topological polar surface area (TPSA) is 26.3 Å². The largest absolute Gasteiger partial charge is 0.378 e. The van der Waals surface area contributed by atoms with Crippen molar-refractivity contribution in [3.8, 4) is 0 Å². The Hall–Kier alpha value is -0.190. The van der Waals surface area contributed by atoms with E-state index in [0.29, 0.717) is 12.5 Å². The lowest BCUT2D eigenvalue weighted by atomic mass is 10.0. The molecule has 1 unspecified atom stereocenters. The minimum Gasteiger partial charge on any atom is -0.378 e. The lowest BCUT2D eigenvalue weighted by Gasteiger charge is -2.22. The summed E-state index contributed by atoms with van der Waals surface area (Å²) in [7, 11) is 0. The van der Waals surface area contributed by atoms with E-state index in [9.17, 15) is 4.79 Å². The van der Waals surface area contributed by atoms with Crippen molar-refractivity contribution in [2.75, 3.05) is 6.61 Å². The average molecular weight is 317 g/mol. The predicted octanol–water partition coefficient (Wildman–Crippen LogP) is 4.35. The van der Waals surface area contributed by atoms with E-state index < -0.39 is 0 Å². The highest BCUT2D eigenvalue weighted by molar-refractivity contribution is 9.11. The quantitative estimate of drug-likeness (QED) is 0.772. The molecule has 2 rings (SSSR count). The third-order valence-electron chi connectivity index (χ3n) is 3.16. The molecule has 2 nitrogen and oxygen atoms in total. The van der Waals surface area contributed by atoms with E-state index in [4.69, 9.17) is 4.74 Å². The molecule has 0 amide bonds. The fourth-order valence-electron chi connectivity index (χ4n) is 2.18. The fraction of sp³-hybridized carbons (Fsp3) is 0.615. The molecule has 1 atom stereocenters. The van der Waals surface area contributed by atoms with Crippen LogP contribution in [0, 0.1) is 6.92 Å². The summed E-state index contributed by atoms with van der Waals surface area (Å²) in [6.07, 6.45) is 5.29. The molecule has 0 saturated carbocycles. The molecule has 0 radical (unpaired) electrons. The zero-order valence-electron chi connectivity index (χ0n) is 10.0. The fourth-order valence-corrected chi connectivity index (χ4v) is 3.89. The first-order valence-corrected chi connectivity index (χ1v) is 7.68. The van der Waals surface area contributed by atoms with Gasteiger partial charge in [-0.3, -0.25) is 4.79 Å². The van der Waals surface area contributed by atoms with Crippen LogP contribution in [0.25, 0.3) is 0 Å². The van der Waals surface area contributed by atoms with Crippen LogP contribution in [0.2, 0.25) is 0 Å². The van der Waals surface area contributed by atoms with Crippen LogP contribution < -0.4 is 0 Å². The summed E-state index contributed by atoms with van der Waals surface area (Å²) in [5, 5.41) is 0. The number of carbonyl (C=O) groups excluding carboxylic acids is 1. The van der Waals surface area contributed by atoms with Gasteiger partial charge in [-0.1, -0.05) is 0 Å². The van der Waals surface area contributed by atoms with Crippen molar-refractivity contribution in [1.82, 2.24) is 0 Å². The number of Topliss-reactive ketones (excluding diaryl/α,β-unsaturated/α-hetero) is 1. The Morgan fingerprint density at radius 3 is 3.00 bits per heavy atom. The maximum absolute atomic E-state index is 12.1. The molecule has 1 aliphatic rings. The molecule has 17 heavy (non-hydrogen) atoms. The molecule has 1 saturated heterocycles. The van der Waals surface area contributed by atoms with Crippen LogP contribution in [-0.4, -0.2) is 18.5 Å². The molecule has 0 aliphatic carbocycles. The summed E-state index contributed by atoms with van der Waals surface area (Å²) < 4.78 is 6.68. The number of ketones is 1. The number of carbonyl (C=O) groups is 1. The molecular weight excluding hydrogens is 300 g/mol. The second-order valence-corrected chi connectivity index (χ2v) is 7.11. The SMILES string of the molecule is Cc1sc(Br)cc1C(=O)CCC1CCCCO1. The number of rotatable bonds is 4. The van der Waals surface area contributed by atoms with E-state index in [1.807, 2.05) is 13.0 Å². The molecule has 4 heteroatoms. The van der Waals surface area contributed by atoms with Gasteiger partial charge in [0.05, 0.1) is 9.89 Å². The molecule has 1 aromatic rings. The number of ether oxygens (including phenoxy) is 1. The number of hydrogen-bond donors (Lipinski definition) is 0. The van der Waals surface area contributed by atoms with Crippen molar-refractivity contribution in [1.29, 1.82) is 0 Å². The normalized spacial score (nSPS) is 20.5. The minimum absolute atomic E-state index is 0.249. The van der Waals surface area contributed by atoms with Gasteiger partial charge in [0.25, 0.3) is 0 Å². The highest BCUT2D eigenvalue weighted by Gasteiger charge is 2.17. The molecular formula is C13H17BrO2S. The van der Waals surface area contributed by atoms with E-state index >= 15 is 0 Å². The third kappa shape index (κ3) is 3.63. The second-order valence-electron chi connectivity index (χ2n) is 4.47. The zero-order valence-corrected chi connectivity index (χ0v) is 12.4. The molecule has 1 aliphatic heterocycles. The van der Waals surface area contributed by atoms with Crippen LogP contribution in [0.3, 0.4) is 0 Å². The Labute approximate surface area is 114 Å². The number of thiophene rings is 1. The van der Waals surface area contributed by atoms with Gasteiger partial charge in [-0.2, -0.15) is 0 Å². The van der Waals surface area contributed by atoms with Gasteiger partial charge in [0.1, 0.15) is 0 Å². The van der Waals surface area contributed by atoms with Crippen molar-refractivity contribution in [3.63, 3.8) is 0 Å². The van der Waals surface area contributed by atoms with Crippen LogP contribution in [-0.2, 0) is 4.74 Å². The van der Waals surface area contributed by atoms with Gasteiger partial charge in [-0.25, -0.2) is 0 Å². The molecule has 0 spiro atoms. The van der Waals surface area contributed by atoms with Crippen LogP contribution in [0.4, 0.5) is 0 Å². The van der Waals surface area contributed by atoms with E-state index in [1.165, 1.54) is 12.8 Å². The van der Waals surface area contributed by atoms with Gasteiger partial charge in [-0.05, 0) is 54.6 Å². The molecule has 0 bridgehead atoms. The van der Waals surface area contributed by atoms with Gasteiger partial charge in [0.15, 0.2) is 5.78 Å². The van der Waals surface area contributed by atoms with Crippen LogP contribution in [0.1, 0.15) is 47.3 Å². The summed E-state index contributed by atoms with van der Waals surface area (Å²) in [4.78, 5) is 13.2. The second kappa shape index (κ2) is 6.12. The summed E-state index contributed by atoms with van der Waals surface area (Å²) >= 11 is 5.04. The van der Waals surface area contributed by atoms with Gasteiger partial charge in [0, 0.05) is 23.5 Å². The van der Waals surface area contributed by atoms with Crippen molar-refractivity contribution in [2.45, 2.75) is 45.1 Å². The third-order valence-corrected chi connectivity index (χ3v) is 4.71. The Morgan fingerprint density at radius 2 is 2.41 bits per heavy atom. The summed E-state index contributed by atoms with van der Waals surface area (Å²) in [6, 6.07) is 1.93. The lowest BCUT2D eigenvalue weighted by Crippen LogP contribution is -2.20. The summed E-state index contributed by atoms with van der Waals surface area (Å²) in [6.45, 7) is 2.86. The smallest absolute Gasteiger partial charge is 0.164 e. The first kappa shape index (κ1) is 13.2. The molecule has 0 N–H and O–H groups in total. The molecule has 94 valence electrons. The maximum Gasteiger partial charge on any atom is 0.164 e. The van der Waals surface area contributed by atoms with Crippen molar-refractivity contribution < 1.29 is 9.53 Å². The number of halogens is 1. The molecule has 0 aromatic carbocycles. The first-order valence-electron chi connectivity index (χ1n) is 6.07.